The van der Waals surface area contributed by atoms with Crippen molar-refractivity contribution < 1.29 is 8.42 Å². The van der Waals surface area contributed by atoms with Crippen LogP contribution < -0.4 is 10.0 Å². The predicted octanol–water partition coefficient (Wildman–Crippen LogP) is 1.48. The van der Waals surface area contributed by atoms with E-state index < -0.39 is 10.0 Å². The first-order chi connectivity index (χ1) is 7.89. The van der Waals surface area contributed by atoms with Gasteiger partial charge in [0, 0.05) is 18.6 Å². The van der Waals surface area contributed by atoms with Gasteiger partial charge in [-0.25, -0.2) is 13.1 Å². The first-order valence-electron chi connectivity index (χ1n) is 6.62. The van der Waals surface area contributed by atoms with Crippen molar-refractivity contribution in [3.05, 3.63) is 0 Å². The van der Waals surface area contributed by atoms with Gasteiger partial charge in [-0.15, -0.1) is 0 Å². The van der Waals surface area contributed by atoms with Gasteiger partial charge in [-0.2, -0.15) is 0 Å². The fraction of sp³-hybridized carbons (Fsp3) is 1.00. The maximum Gasteiger partial charge on any atom is 0.213 e. The van der Waals surface area contributed by atoms with Gasteiger partial charge in [0.1, 0.15) is 0 Å². The molecule has 1 fully saturated rings. The number of nitrogens with one attached hydrogen (secondary N) is 2. The molecule has 5 heteroatoms. The Hall–Kier alpha value is -0.130. The molecule has 2 unspecified atom stereocenters. The van der Waals surface area contributed by atoms with Crippen LogP contribution in [0.5, 0.6) is 0 Å². The van der Waals surface area contributed by atoms with Crippen LogP contribution in [0.15, 0.2) is 0 Å². The Balaban J connectivity index is 2.32. The lowest BCUT2D eigenvalue weighted by Crippen LogP contribution is -2.41. The molecule has 0 radical (unpaired) electrons. The molecule has 0 aromatic heterocycles. The molecule has 1 aliphatic rings. The minimum Gasteiger partial charge on any atom is -0.313 e. The SMILES string of the molecule is CC1CCCC(NS(=O)(=O)CCNC(C)C)C1. The highest BCUT2D eigenvalue weighted by Gasteiger charge is 2.23. The van der Waals surface area contributed by atoms with E-state index in [2.05, 4.69) is 17.0 Å². The molecule has 0 spiro atoms. The van der Waals surface area contributed by atoms with Crippen LogP contribution in [-0.2, 0) is 10.0 Å². The highest BCUT2D eigenvalue weighted by molar-refractivity contribution is 7.89. The van der Waals surface area contributed by atoms with Gasteiger partial charge in [-0.1, -0.05) is 33.6 Å². The molecule has 102 valence electrons. The fourth-order valence-corrected chi connectivity index (χ4v) is 3.56. The maximum atomic E-state index is 11.8. The molecular weight excluding hydrogens is 236 g/mol. The lowest BCUT2D eigenvalue weighted by molar-refractivity contribution is 0.327. The summed E-state index contributed by atoms with van der Waals surface area (Å²) in [6, 6.07) is 0.489. The molecule has 2 atom stereocenters. The molecule has 0 bridgehead atoms. The molecular formula is C12H26N2O2S. The molecule has 0 amide bonds. The molecule has 17 heavy (non-hydrogen) atoms. The Labute approximate surface area is 106 Å². The minimum atomic E-state index is -3.11. The molecule has 1 rings (SSSR count). The van der Waals surface area contributed by atoms with E-state index in [4.69, 9.17) is 0 Å². The summed E-state index contributed by atoms with van der Waals surface area (Å²) in [5.41, 5.74) is 0. The lowest BCUT2D eigenvalue weighted by atomic mass is 9.88. The predicted molar refractivity (Wildman–Crippen MR) is 71.5 cm³/mol. The van der Waals surface area contributed by atoms with Crippen LogP contribution in [0, 0.1) is 5.92 Å². The average molecular weight is 262 g/mol. The van der Waals surface area contributed by atoms with Gasteiger partial charge in [0.25, 0.3) is 0 Å². The zero-order valence-electron chi connectivity index (χ0n) is 11.2. The Morgan fingerprint density at radius 1 is 1.29 bits per heavy atom. The summed E-state index contributed by atoms with van der Waals surface area (Å²) in [6.07, 6.45) is 4.34. The second kappa shape index (κ2) is 6.71. The van der Waals surface area contributed by atoms with E-state index in [1.807, 2.05) is 13.8 Å². The van der Waals surface area contributed by atoms with Crippen LogP contribution in [0.2, 0.25) is 0 Å². The van der Waals surface area contributed by atoms with Crippen LogP contribution in [0.1, 0.15) is 46.5 Å². The molecule has 0 saturated heterocycles. The van der Waals surface area contributed by atoms with Crippen LogP contribution in [0.4, 0.5) is 0 Å². The largest absolute Gasteiger partial charge is 0.313 e. The van der Waals surface area contributed by atoms with E-state index in [-0.39, 0.29) is 11.8 Å². The molecule has 0 aromatic rings. The third-order valence-electron chi connectivity index (χ3n) is 3.21. The summed E-state index contributed by atoms with van der Waals surface area (Å²) in [7, 11) is -3.11. The van der Waals surface area contributed by atoms with Crippen molar-refractivity contribution in [2.75, 3.05) is 12.3 Å². The van der Waals surface area contributed by atoms with E-state index in [9.17, 15) is 8.42 Å². The second-order valence-electron chi connectivity index (χ2n) is 5.51. The molecule has 0 aromatic carbocycles. The third-order valence-corrected chi connectivity index (χ3v) is 4.64. The zero-order valence-corrected chi connectivity index (χ0v) is 12.0. The van der Waals surface area contributed by atoms with Gasteiger partial charge < -0.3 is 5.32 Å². The minimum absolute atomic E-state index is 0.155. The van der Waals surface area contributed by atoms with E-state index >= 15 is 0 Å². The lowest BCUT2D eigenvalue weighted by Gasteiger charge is -2.27. The van der Waals surface area contributed by atoms with Crippen molar-refractivity contribution in [3.63, 3.8) is 0 Å². The van der Waals surface area contributed by atoms with Crippen molar-refractivity contribution in [1.29, 1.82) is 0 Å². The summed E-state index contributed by atoms with van der Waals surface area (Å²) in [4.78, 5) is 0. The van der Waals surface area contributed by atoms with Crippen molar-refractivity contribution in [3.8, 4) is 0 Å². The standard InChI is InChI=1S/C12H26N2O2S/c1-10(2)13-7-8-17(15,16)14-12-6-4-5-11(3)9-12/h10-14H,4-9H2,1-3H3. The smallest absolute Gasteiger partial charge is 0.213 e. The number of sulfonamides is 1. The molecule has 0 heterocycles. The molecule has 0 aliphatic heterocycles. The number of rotatable bonds is 6. The molecule has 1 saturated carbocycles. The Bertz CT molecular complexity index is 314. The Kier molecular flexibility index (Phi) is 5.89. The summed E-state index contributed by atoms with van der Waals surface area (Å²) in [6.45, 7) is 6.75. The van der Waals surface area contributed by atoms with E-state index in [0.717, 1.165) is 19.3 Å². The highest BCUT2D eigenvalue weighted by atomic mass is 32.2. The van der Waals surface area contributed by atoms with Crippen LogP contribution >= 0.6 is 0 Å². The molecule has 4 nitrogen and oxygen atoms in total. The first-order valence-corrected chi connectivity index (χ1v) is 8.27. The van der Waals surface area contributed by atoms with Crippen molar-refractivity contribution in [1.82, 2.24) is 10.0 Å². The van der Waals surface area contributed by atoms with Gasteiger partial charge >= 0.3 is 0 Å². The highest BCUT2D eigenvalue weighted by Crippen LogP contribution is 2.23. The van der Waals surface area contributed by atoms with Crippen molar-refractivity contribution in [2.45, 2.75) is 58.5 Å². The summed E-state index contributed by atoms with van der Waals surface area (Å²) >= 11 is 0. The average Bonchev–Trinajstić information content (AvgIpc) is 2.15. The monoisotopic (exact) mass is 262 g/mol. The van der Waals surface area contributed by atoms with Gasteiger partial charge in [-0.05, 0) is 18.8 Å². The Morgan fingerprint density at radius 3 is 2.59 bits per heavy atom. The van der Waals surface area contributed by atoms with Gasteiger partial charge in [0.05, 0.1) is 5.75 Å². The van der Waals surface area contributed by atoms with Gasteiger partial charge in [0.15, 0.2) is 0 Å². The van der Waals surface area contributed by atoms with Crippen LogP contribution in [-0.4, -0.2) is 32.8 Å². The van der Waals surface area contributed by atoms with E-state index in [0.29, 0.717) is 18.5 Å². The fourth-order valence-electron chi connectivity index (χ4n) is 2.34. The quantitative estimate of drug-likeness (QED) is 0.762. The summed E-state index contributed by atoms with van der Waals surface area (Å²) < 4.78 is 26.5. The topological polar surface area (TPSA) is 58.2 Å². The zero-order chi connectivity index (χ0) is 12.9. The second-order valence-corrected chi connectivity index (χ2v) is 7.39. The summed E-state index contributed by atoms with van der Waals surface area (Å²) in [5, 5.41) is 3.13. The normalized spacial score (nSPS) is 26.4. The molecule has 2 N–H and O–H groups in total. The number of hydrogen-bond acceptors (Lipinski definition) is 3. The number of hydrogen-bond donors (Lipinski definition) is 2. The maximum absolute atomic E-state index is 11.8. The van der Waals surface area contributed by atoms with Crippen molar-refractivity contribution in [2.24, 2.45) is 5.92 Å². The van der Waals surface area contributed by atoms with E-state index in [1.54, 1.807) is 0 Å². The van der Waals surface area contributed by atoms with Crippen LogP contribution in [0.25, 0.3) is 0 Å². The van der Waals surface area contributed by atoms with Gasteiger partial charge in [-0.3, -0.25) is 0 Å². The van der Waals surface area contributed by atoms with Crippen LogP contribution in [0.3, 0.4) is 0 Å². The molecule has 1 aliphatic carbocycles. The van der Waals surface area contributed by atoms with Crippen molar-refractivity contribution >= 4 is 10.0 Å². The third kappa shape index (κ3) is 6.38. The van der Waals surface area contributed by atoms with E-state index in [1.165, 1.54) is 6.42 Å². The first kappa shape index (κ1) is 14.9. The van der Waals surface area contributed by atoms with Gasteiger partial charge in [0.2, 0.25) is 10.0 Å². The Morgan fingerprint density at radius 2 is 2.00 bits per heavy atom. The summed E-state index contributed by atoms with van der Waals surface area (Å²) in [5.74, 6) is 0.820.